The Kier molecular flexibility index (Phi) is 9.18. The van der Waals surface area contributed by atoms with E-state index in [4.69, 9.17) is 4.74 Å². The van der Waals surface area contributed by atoms with Gasteiger partial charge in [-0.3, -0.25) is 23.9 Å². The molecule has 2 unspecified atom stereocenters. The molecular formula is C28H30F3N3O5. The highest BCUT2D eigenvalue weighted by atomic mass is 19.4. The molecule has 1 heterocycles. The van der Waals surface area contributed by atoms with E-state index in [0.717, 1.165) is 4.57 Å². The lowest BCUT2D eigenvalue weighted by molar-refractivity contribution is -0.215. The monoisotopic (exact) mass is 545 g/mol. The van der Waals surface area contributed by atoms with Crippen LogP contribution >= 0.6 is 0 Å². The minimum atomic E-state index is -4.95. The number of pyridine rings is 1. The van der Waals surface area contributed by atoms with Crippen molar-refractivity contribution < 1.29 is 32.6 Å². The smallest absolute Gasteiger partial charge is 0.416 e. The van der Waals surface area contributed by atoms with Crippen LogP contribution in [0.4, 0.5) is 24.5 Å². The van der Waals surface area contributed by atoms with Gasteiger partial charge < -0.3 is 15.2 Å². The third kappa shape index (κ3) is 6.85. The van der Waals surface area contributed by atoms with Crippen LogP contribution in [0.15, 0.2) is 71.5 Å². The first-order valence-electron chi connectivity index (χ1n) is 12.1. The number of aromatic nitrogens is 1. The molecule has 39 heavy (non-hydrogen) atoms. The lowest BCUT2D eigenvalue weighted by atomic mass is 9.98. The highest BCUT2D eigenvalue weighted by Crippen LogP contribution is 2.28. The molecule has 2 atom stereocenters. The molecule has 0 bridgehead atoms. The molecule has 0 spiro atoms. The summed E-state index contributed by atoms with van der Waals surface area (Å²) >= 11 is 0. The van der Waals surface area contributed by atoms with Gasteiger partial charge in [0.05, 0.1) is 18.8 Å². The fraction of sp³-hybridized carbons (Fsp3) is 0.321. The molecule has 3 rings (SSSR count). The predicted octanol–water partition coefficient (Wildman–Crippen LogP) is 4.27. The van der Waals surface area contributed by atoms with Gasteiger partial charge in [-0.25, -0.2) is 0 Å². The van der Waals surface area contributed by atoms with E-state index in [1.807, 2.05) is 0 Å². The van der Waals surface area contributed by atoms with Crippen LogP contribution in [0.3, 0.4) is 0 Å². The number of amides is 2. The topological polar surface area (TPSA) is 101 Å². The number of carbonyl (C=O) groups excluding carboxylic acids is 2. The maximum atomic E-state index is 13.8. The fourth-order valence-electron chi connectivity index (χ4n) is 4.17. The van der Waals surface area contributed by atoms with Gasteiger partial charge in [-0.1, -0.05) is 44.2 Å². The molecule has 0 aliphatic carbocycles. The van der Waals surface area contributed by atoms with Crippen LogP contribution in [-0.2, 0) is 16.1 Å². The second-order valence-electron chi connectivity index (χ2n) is 9.24. The Morgan fingerprint density at radius 1 is 1.03 bits per heavy atom. The minimum Gasteiger partial charge on any atom is -0.497 e. The summed E-state index contributed by atoms with van der Waals surface area (Å²) in [5, 5.41) is 12.0. The SMILES string of the molecule is COc1ccc(N(C(C)=O)c2ccc(-c3ccccc3)n(CC(=O)NC(C(C)C)C(O)C(F)(F)F)c2=O)cc1. The lowest BCUT2D eigenvalue weighted by Gasteiger charge is -2.29. The molecule has 1 aromatic heterocycles. The summed E-state index contributed by atoms with van der Waals surface area (Å²) in [6, 6.07) is 16.4. The van der Waals surface area contributed by atoms with Crippen molar-refractivity contribution in [3.05, 3.63) is 77.1 Å². The van der Waals surface area contributed by atoms with Gasteiger partial charge in [-0.15, -0.1) is 0 Å². The highest BCUT2D eigenvalue weighted by molar-refractivity contribution is 5.99. The van der Waals surface area contributed by atoms with Crippen molar-refractivity contribution >= 4 is 23.2 Å². The van der Waals surface area contributed by atoms with Crippen molar-refractivity contribution in [1.29, 1.82) is 0 Å². The Balaban J connectivity index is 2.09. The van der Waals surface area contributed by atoms with Crippen molar-refractivity contribution in [3.8, 4) is 17.0 Å². The van der Waals surface area contributed by atoms with Gasteiger partial charge in [0.2, 0.25) is 11.8 Å². The van der Waals surface area contributed by atoms with Gasteiger partial charge in [0, 0.05) is 12.6 Å². The molecule has 2 N–H and O–H groups in total. The van der Waals surface area contributed by atoms with Gasteiger partial charge in [-0.05, 0) is 47.9 Å². The zero-order chi connectivity index (χ0) is 28.9. The van der Waals surface area contributed by atoms with E-state index in [0.29, 0.717) is 22.7 Å². The number of nitrogens with one attached hydrogen (secondary N) is 1. The molecule has 0 aliphatic heterocycles. The van der Waals surface area contributed by atoms with Crippen molar-refractivity contribution in [2.45, 2.75) is 45.6 Å². The van der Waals surface area contributed by atoms with Crippen LogP contribution in [0, 0.1) is 5.92 Å². The minimum absolute atomic E-state index is 0.0594. The molecule has 8 nitrogen and oxygen atoms in total. The van der Waals surface area contributed by atoms with E-state index in [-0.39, 0.29) is 5.69 Å². The summed E-state index contributed by atoms with van der Waals surface area (Å²) in [4.78, 5) is 40.6. The fourth-order valence-corrected chi connectivity index (χ4v) is 4.17. The van der Waals surface area contributed by atoms with Gasteiger partial charge in [-0.2, -0.15) is 13.2 Å². The number of rotatable bonds is 9. The third-order valence-corrected chi connectivity index (χ3v) is 6.13. The summed E-state index contributed by atoms with van der Waals surface area (Å²) in [6.07, 6.45) is -7.74. The van der Waals surface area contributed by atoms with Crippen molar-refractivity contribution in [3.63, 3.8) is 0 Å². The summed E-state index contributed by atoms with van der Waals surface area (Å²) in [7, 11) is 1.49. The Morgan fingerprint density at radius 3 is 2.15 bits per heavy atom. The number of methoxy groups -OCH3 is 1. The Morgan fingerprint density at radius 2 is 1.64 bits per heavy atom. The molecule has 2 aromatic carbocycles. The van der Waals surface area contributed by atoms with Crippen LogP contribution in [0.5, 0.6) is 5.75 Å². The predicted molar refractivity (Wildman–Crippen MR) is 141 cm³/mol. The molecule has 0 saturated carbocycles. The summed E-state index contributed by atoms with van der Waals surface area (Å²) in [6.45, 7) is 3.49. The first-order chi connectivity index (χ1) is 18.3. The van der Waals surface area contributed by atoms with Crippen LogP contribution < -0.4 is 20.5 Å². The van der Waals surface area contributed by atoms with Gasteiger partial charge in [0.1, 0.15) is 18.0 Å². The second kappa shape index (κ2) is 12.2. The standard InChI is InChI=1S/C28H30F3N3O5/c1-17(2)25(26(37)28(29,30)31)32-24(36)16-33-22(19-8-6-5-7-9-19)14-15-23(27(33)38)34(18(3)35)20-10-12-21(39-4)13-11-20/h5-15,17,25-26,37H,16H2,1-4H3,(H,32,36). The number of ether oxygens (including phenoxy) is 1. The van der Waals surface area contributed by atoms with Gasteiger partial charge >= 0.3 is 6.18 Å². The molecular weight excluding hydrogens is 515 g/mol. The van der Waals surface area contributed by atoms with E-state index in [1.165, 1.54) is 38.8 Å². The third-order valence-electron chi connectivity index (χ3n) is 6.13. The number of benzene rings is 2. The normalized spacial score (nSPS) is 13.1. The maximum Gasteiger partial charge on any atom is 0.416 e. The Bertz CT molecular complexity index is 1360. The number of aliphatic hydroxyl groups excluding tert-OH is 1. The number of anilines is 2. The quantitative estimate of drug-likeness (QED) is 0.418. The number of nitrogens with zero attached hydrogens (tertiary/aromatic N) is 2. The first-order valence-corrected chi connectivity index (χ1v) is 12.1. The first kappa shape index (κ1) is 29.4. The zero-order valence-corrected chi connectivity index (χ0v) is 21.9. The maximum absolute atomic E-state index is 13.8. The molecule has 11 heteroatoms. The number of carbonyl (C=O) groups is 2. The molecule has 0 fully saturated rings. The Labute approximate surface area is 223 Å². The molecule has 0 radical (unpaired) electrons. The molecule has 3 aromatic rings. The number of halogens is 3. The van der Waals surface area contributed by atoms with Crippen molar-refractivity contribution in [2.24, 2.45) is 5.92 Å². The van der Waals surface area contributed by atoms with Crippen LogP contribution in [-0.4, -0.2) is 46.9 Å². The summed E-state index contributed by atoms with van der Waals surface area (Å²) in [5.41, 5.74) is 0.488. The van der Waals surface area contributed by atoms with Crippen molar-refractivity contribution in [1.82, 2.24) is 9.88 Å². The van der Waals surface area contributed by atoms with Crippen molar-refractivity contribution in [2.75, 3.05) is 12.0 Å². The zero-order valence-electron chi connectivity index (χ0n) is 21.9. The van der Waals surface area contributed by atoms with Gasteiger partial charge in [0.25, 0.3) is 5.56 Å². The molecule has 2 amide bonds. The average molecular weight is 546 g/mol. The highest BCUT2D eigenvalue weighted by Gasteiger charge is 2.45. The summed E-state index contributed by atoms with van der Waals surface area (Å²) in [5.74, 6) is -1.61. The van der Waals surface area contributed by atoms with Gasteiger partial charge in [0.15, 0.2) is 6.10 Å². The number of hydrogen-bond acceptors (Lipinski definition) is 5. The molecule has 0 saturated heterocycles. The number of alkyl halides is 3. The number of aliphatic hydroxyl groups is 1. The van der Waals surface area contributed by atoms with Crippen LogP contribution in [0.25, 0.3) is 11.3 Å². The van der Waals surface area contributed by atoms with E-state index < -0.39 is 48.2 Å². The molecule has 208 valence electrons. The average Bonchev–Trinajstić information content (AvgIpc) is 2.89. The van der Waals surface area contributed by atoms with Crippen LogP contribution in [0.1, 0.15) is 20.8 Å². The van der Waals surface area contributed by atoms with E-state index in [1.54, 1.807) is 60.7 Å². The van der Waals surface area contributed by atoms with E-state index in [2.05, 4.69) is 5.32 Å². The van der Waals surface area contributed by atoms with E-state index in [9.17, 15) is 32.7 Å². The molecule has 0 aliphatic rings. The largest absolute Gasteiger partial charge is 0.497 e. The lowest BCUT2D eigenvalue weighted by Crippen LogP contribution is -2.53. The van der Waals surface area contributed by atoms with E-state index >= 15 is 0 Å². The Hall–Kier alpha value is -4.12. The number of hydrogen-bond donors (Lipinski definition) is 2. The second-order valence-corrected chi connectivity index (χ2v) is 9.24. The summed E-state index contributed by atoms with van der Waals surface area (Å²) < 4.78 is 45.9. The van der Waals surface area contributed by atoms with Crippen LogP contribution in [0.2, 0.25) is 0 Å².